The van der Waals surface area contributed by atoms with Crippen molar-refractivity contribution in [3.63, 3.8) is 0 Å². The molecule has 4 nitrogen and oxygen atoms in total. The minimum Gasteiger partial charge on any atom is -0.317 e. The lowest BCUT2D eigenvalue weighted by molar-refractivity contribution is 0.474. The molecule has 1 aliphatic rings. The topological polar surface area (TPSA) is 58.2 Å². The average molecular weight is 234 g/mol. The van der Waals surface area contributed by atoms with Crippen molar-refractivity contribution in [1.82, 2.24) is 10.0 Å². The zero-order chi connectivity index (χ0) is 11.3. The number of hydrogen-bond donors (Lipinski definition) is 2. The van der Waals surface area contributed by atoms with Gasteiger partial charge in [-0.25, -0.2) is 13.1 Å². The Bertz CT molecular complexity index is 267. The normalized spacial score (nSPS) is 19.7. The molecule has 1 fully saturated rings. The number of rotatable bonds is 5. The van der Waals surface area contributed by atoms with Gasteiger partial charge in [0.15, 0.2) is 0 Å². The van der Waals surface area contributed by atoms with Crippen LogP contribution in [0.2, 0.25) is 0 Å². The van der Waals surface area contributed by atoms with Crippen LogP contribution in [-0.4, -0.2) is 32.8 Å². The number of sulfonamides is 1. The third kappa shape index (κ3) is 3.74. The summed E-state index contributed by atoms with van der Waals surface area (Å²) in [5.41, 5.74) is 0. The van der Waals surface area contributed by atoms with E-state index >= 15 is 0 Å². The van der Waals surface area contributed by atoms with Gasteiger partial charge in [-0.1, -0.05) is 13.8 Å². The second-order valence-electron chi connectivity index (χ2n) is 4.13. The number of hydrogen-bond acceptors (Lipinski definition) is 3. The largest absolute Gasteiger partial charge is 0.317 e. The summed E-state index contributed by atoms with van der Waals surface area (Å²) in [6.45, 7) is 5.65. The molecule has 0 amide bonds. The fourth-order valence-electron chi connectivity index (χ4n) is 1.89. The van der Waals surface area contributed by atoms with Crippen molar-refractivity contribution in [1.29, 1.82) is 0 Å². The molecule has 0 bridgehead atoms. The van der Waals surface area contributed by atoms with Crippen LogP contribution in [0.4, 0.5) is 0 Å². The van der Waals surface area contributed by atoms with Crippen molar-refractivity contribution >= 4 is 10.0 Å². The molecule has 1 saturated heterocycles. The first kappa shape index (κ1) is 12.9. The third-order valence-corrected chi connectivity index (χ3v) is 5.05. The Balaban J connectivity index is 2.56. The molecule has 15 heavy (non-hydrogen) atoms. The lowest BCUT2D eigenvalue weighted by atomic mass is 10.2. The fourth-order valence-corrected chi connectivity index (χ4v) is 3.74. The maximum Gasteiger partial charge on any atom is 0.214 e. The van der Waals surface area contributed by atoms with Gasteiger partial charge in [-0.2, -0.15) is 0 Å². The lowest BCUT2D eigenvalue weighted by Gasteiger charge is -2.25. The van der Waals surface area contributed by atoms with Gasteiger partial charge >= 0.3 is 0 Å². The molecule has 90 valence electrons. The average Bonchev–Trinajstić information content (AvgIpc) is 2.27. The van der Waals surface area contributed by atoms with Crippen molar-refractivity contribution in [2.75, 3.05) is 13.1 Å². The molecular formula is C10H22N2O2S. The van der Waals surface area contributed by atoms with E-state index in [1.54, 1.807) is 0 Å². The summed E-state index contributed by atoms with van der Waals surface area (Å²) in [5, 5.41) is 2.98. The molecule has 0 saturated carbocycles. The van der Waals surface area contributed by atoms with E-state index in [0.29, 0.717) is 0 Å². The minimum atomic E-state index is -3.10. The Morgan fingerprint density at radius 1 is 1.27 bits per heavy atom. The van der Waals surface area contributed by atoms with Gasteiger partial charge in [-0.3, -0.25) is 0 Å². The van der Waals surface area contributed by atoms with E-state index in [9.17, 15) is 8.42 Å². The van der Waals surface area contributed by atoms with Crippen LogP contribution in [0.3, 0.4) is 0 Å². The molecule has 0 aromatic heterocycles. The second-order valence-corrected chi connectivity index (χ2v) is 6.12. The van der Waals surface area contributed by atoms with Crippen LogP contribution in [0.15, 0.2) is 0 Å². The predicted octanol–water partition coefficient (Wildman–Crippen LogP) is 0.846. The van der Waals surface area contributed by atoms with Crippen molar-refractivity contribution in [3.8, 4) is 0 Å². The van der Waals surface area contributed by atoms with Crippen LogP contribution in [0.5, 0.6) is 0 Å². The Morgan fingerprint density at radius 2 is 1.80 bits per heavy atom. The quantitative estimate of drug-likeness (QED) is 0.741. The van der Waals surface area contributed by atoms with E-state index in [1.165, 1.54) is 0 Å². The predicted molar refractivity (Wildman–Crippen MR) is 62.3 cm³/mol. The summed E-state index contributed by atoms with van der Waals surface area (Å²) in [5.74, 6) is 0. The molecule has 0 atom stereocenters. The molecule has 0 unspecified atom stereocenters. The molecule has 0 radical (unpaired) electrons. The van der Waals surface area contributed by atoms with Crippen molar-refractivity contribution < 1.29 is 8.42 Å². The summed E-state index contributed by atoms with van der Waals surface area (Å²) in [7, 11) is -3.10. The van der Waals surface area contributed by atoms with Crippen LogP contribution < -0.4 is 10.0 Å². The summed E-state index contributed by atoms with van der Waals surface area (Å²) in [6.07, 6.45) is 3.19. The maximum absolute atomic E-state index is 12.0. The molecule has 0 aliphatic carbocycles. The molecule has 5 heteroatoms. The van der Waals surface area contributed by atoms with Gasteiger partial charge in [0.05, 0.1) is 5.25 Å². The van der Waals surface area contributed by atoms with Crippen LogP contribution in [0.25, 0.3) is 0 Å². The highest BCUT2D eigenvalue weighted by Crippen LogP contribution is 2.13. The molecule has 1 rings (SSSR count). The first-order valence-electron chi connectivity index (χ1n) is 5.82. The van der Waals surface area contributed by atoms with Gasteiger partial charge in [0.1, 0.15) is 0 Å². The van der Waals surface area contributed by atoms with Crippen LogP contribution in [0.1, 0.15) is 39.5 Å². The minimum absolute atomic E-state index is 0.102. The second kappa shape index (κ2) is 5.82. The van der Waals surface area contributed by atoms with Crippen LogP contribution in [0, 0.1) is 0 Å². The van der Waals surface area contributed by atoms with Crippen molar-refractivity contribution in [3.05, 3.63) is 0 Å². The third-order valence-electron chi connectivity index (χ3n) is 3.04. The lowest BCUT2D eigenvalue weighted by Crippen LogP contribution is -2.44. The zero-order valence-electron chi connectivity index (χ0n) is 9.62. The van der Waals surface area contributed by atoms with E-state index in [-0.39, 0.29) is 11.3 Å². The molecule has 0 aromatic rings. The smallest absolute Gasteiger partial charge is 0.214 e. The van der Waals surface area contributed by atoms with Crippen LogP contribution in [-0.2, 0) is 10.0 Å². The summed E-state index contributed by atoms with van der Waals surface area (Å²) in [4.78, 5) is 0. The van der Waals surface area contributed by atoms with E-state index in [4.69, 9.17) is 0 Å². The Hall–Kier alpha value is -0.130. The van der Waals surface area contributed by atoms with E-state index in [1.807, 2.05) is 13.8 Å². The summed E-state index contributed by atoms with van der Waals surface area (Å²) >= 11 is 0. The SMILES string of the molecule is CCC(CC)NS(=O)(=O)C1CCNCC1. The molecule has 0 aromatic carbocycles. The molecular weight excluding hydrogens is 212 g/mol. The van der Waals surface area contributed by atoms with E-state index < -0.39 is 10.0 Å². The number of piperidine rings is 1. The summed E-state index contributed by atoms with van der Waals surface area (Å²) in [6, 6.07) is 0.102. The van der Waals surface area contributed by atoms with Gasteiger partial charge in [-0.15, -0.1) is 0 Å². The highest BCUT2D eigenvalue weighted by molar-refractivity contribution is 7.90. The Kier molecular flexibility index (Phi) is 5.02. The molecule has 1 aliphatic heterocycles. The monoisotopic (exact) mass is 234 g/mol. The van der Waals surface area contributed by atoms with E-state index in [2.05, 4.69) is 10.0 Å². The first-order chi connectivity index (χ1) is 7.10. The molecule has 1 heterocycles. The zero-order valence-corrected chi connectivity index (χ0v) is 10.4. The molecule has 2 N–H and O–H groups in total. The standard InChI is InChI=1S/C10H22N2O2S/c1-3-9(4-2)12-15(13,14)10-5-7-11-8-6-10/h9-12H,3-8H2,1-2H3. The first-order valence-corrected chi connectivity index (χ1v) is 7.36. The highest BCUT2D eigenvalue weighted by atomic mass is 32.2. The number of nitrogens with one attached hydrogen (secondary N) is 2. The summed E-state index contributed by atoms with van der Waals surface area (Å²) < 4.78 is 26.8. The Labute approximate surface area is 92.9 Å². The van der Waals surface area contributed by atoms with Gasteiger partial charge in [0.2, 0.25) is 10.0 Å². The maximum atomic E-state index is 12.0. The van der Waals surface area contributed by atoms with Gasteiger partial charge in [0.25, 0.3) is 0 Å². The Morgan fingerprint density at radius 3 is 2.27 bits per heavy atom. The van der Waals surface area contributed by atoms with E-state index in [0.717, 1.165) is 38.8 Å². The van der Waals surface area contributed by atoms with Crippen molar-refractivity contribution in [2.45, 2.75) is 50.8 Å². The van der Waals surface area contributed by atoms with Gasteiger partial charge in [0, 0.05) is 6.04 Å². The fraction of sp³-hybridized carbons (Fsp3) is 1.00. The van der Waals surface area contributed by atoms with Crippen molar-refractivity contribution in [2.24, 2.45) is 0 Å². The van der Waals surface area contributed by atoms with Gasteiger partial charge < -0.3 is 5.32 Å². The highest BCUT2D eigenvalue weighted by Gasteiger charge is 2.28. The van der Waals surface area contributed by atoms with Crippen LogP contribution >= 0.6 is 0 Å². The molecule has 0 spiro atoms. The van der Waals surface area contributed by atoms with Gasteiger partial charge in [-0.05, 0) is 38.8 Å².